The molecule has 1 aliphatic carbocycles. The van der Waals surface area contributed by atoms with E-state index < -0.39 is 0 Å². The Balaban J connectivity index is 1.59. The lowest BCUT2D eigenvalue weighted by atomic mass is 10.1. The third-order valence-corrected chi connectivity index (χ3v) is 5.34. The zero-order chi connectivity index (χ0) is 18.0. The Morgan fingerprint density at radius 2 is 1.72 bits per heavy atom. The van der Waals surface area contributed by atoms with E-state index >= 15 is 0 Å². The normalized spacial score (nSPS) is 23.6. The van der Waals surface area contributed by atoms with Crippen molar-refractivity contribution in [3.63, 3.8) is 0 Å². The number of carbonyl (C=O) groups is 2. The van der Waals surface area contributed by atoms with Gasteiger partial charge >= 0.3 is 0 Å². The van der Waals surface area contributed by atoms with Gasteiger partial charge in [0.05, 0.1) is 11.8 Å². The number of nitrogens with zero attached hydrogens (tertiary/aromatic N) is 3. The van der Waals surface area contributed by atoms with Crippen LogP contribution in [0.5, 0.6) is 0 Å². The number of rotatable bonds is 5. The van der Waals surface area contributed by atoms with Crippen molar-refractivity contribution in [1.29, 1.82) is 0 Å². The van der Waals surface area contributed by atoms with Crippen LogP contribution in [0.3, 0.4) is 0 Å². The molecule has 25 heavy (non-hydrogen) atoms. The summed E-state index contributed by atoms with van der Waals surface area (Å²) in [5.74, 6) is 0.0763. The highest BCUT2D eigenvalue weighted by atomic mass is 16.2. The van der Waals surface area contributed by atoms with E-state index in [1.807, 2.05) is 54.0 Å². The molecule has 2 aliphatic rings. The first-order chi connectivity index (χ1) is 12.0. The van der Waals surface area contributed by atoms with Gasteiger partial charge in [0.15, 0.2) is 0 Å². The summed E-state index contributed by atoms with van der Waals surface area (Å²) >= 11 is 0. The van der Waals surface area contributed by atoms with E-state index in [9.17, 15) is 9.59 Å². The Morgan fingerprint density at radius 3 is 2.32 bits per heavy atom. The zero-order valence-electron chi connectivity index (χ0n) is 15.5. The van der Waals surface area contributed by atoms with E-state index in [1.54, 1.807) is 0 Å². The van der Waals surface area contributed by atoms with Gasteiger partial charge in [-0.1, -0.05) is 30.3 Å². The van der Waals surface area contributed by atoms with Crippen LogP contribution in [-0.4, -0.2) is 65.8 Å². The van der Waals surface area contributed by atoms with Crippen molar-refractivity contribution in [2.45, 2.75) is 32.9 Å². The molecule has 2 fully saturated rings. The summed E-state index contributed by atoms with van der Waals surface area (Å²) in [6.07, 6.45) is 0.710. The minimum atomic E-state index is -0.127. The molecular formula is C20H29N3O2. The standard InChI is InChI=1S/C20H29N3O2/c1-15(2)23(14-16-7-5-4-6-8-16)20(25)18-13-17(18)19(24)22-11-9-21(3)10-12-22/h4-8,15,17-18H,9-14H2,1-3H3. The quantitative estimate of drug-likeness (QED) is 0.819. The molecule has 2 unspecified atom stereocenters. The van der Waals surface area contributed by atoms with Crippen LogP contribution in [0, 0.1) is 11.8 Å². The minimum Gasteiger partial charge on any atom is -0.340 e. The number of hydrogen-bond acceptors (Lipinski definition) is 3. The first-order valence-corrected chi connectivity index (χ1v) is 9.29. The largest absolute Gasteiger partial charge is 0.340 e. The number of piperazine rings is 1. The SMILES string of the molecule is CC(C)N(Cc1ccccc1)C(=O)C1CC1C(=O)N1CCN(C)CC1. The molecule has 1 saturated carbocycles. The van der Waals surface area contributed by atoms with Crippen molar-refractivity contribution in [3.8, 4) is 0 Å². The second kappa shape index (κ2) is 7.56. The maximum atomic E-state index is 12.9. The molecule has 2 amide bonds. The average Bonchev–Trinajstić information content (AvgIpc) is 3.40. The molecule has 0 spiro atoms. The maximum Gasteiger partial charge on any atom is 0.227 e. The van der Waals surface area contributed by atoms with Crippen molar-refractivity contribution in [2.75, 3.05) is 33.2 Å². The van der Waals surface area contributed by atoms with Crippen molar-refractivity contribution >= 4 is 11.8 Å². The first-order valence-electron chi connectivity index (χ1n) is 9.29. The summed E-state index contributed by atoms with van der Waals surface area (Å²) in [7, 11) is 2.08. The number of hydrogen-bond donors (Lipinski definition) is 0. The topological polar surface area (TPSA) is 43.9 Å². The Labute approximate surface area is 150 Å². The average molecular weight is 343 g/mol. The second-order valence-electron chi connectivity index (χ2n) is 7.62. The fourth-order valence-corrected chi connectivity index (χ4v) is 3.51. The molecule has 0 radical (unpaired) electrons. The molecule has 2 atom stereocenters. The molecule has 0 aromatic heterocycles. The smallest absolute Gasteiger partial charge is 0.227 e. The van der Waals surface area contributed by atoms with Gasteiger partial charge in [0.2, 0.25) is 11.8 Å². The van der Waals surface area contributed by atoms with Gasteiger partial charge in [-0.05, 0) is 32.9 Å². The molecule has 136 valence electrons. The summed E-state index contributed by atoms with van der Waals surface area (Å²) in [4.78, 5) is 31.7. The Hall–Kier alpha value is -1.88. The van der Waals surface area contributed by atoms with Crippen molar-refractivity contribution in [3.05, 3.63) is 35.9 Å². The molecule has 1 aromatic rings. The predicted molar refractivity (Wildman–Crippen MR) is 97.8 cm³/mol. The maximum absolute atomic E-state index is 12.9. The molecule has 5 heteroatoms. The third kappa shape index (κ3) is 4.21. The monoisotopic (exact) mass is 343 g/mol. The van der Waals surface area contributed by atoms with Crippen molar-refractivity contribution < 1.29 is 9.59 Å². The fraction of sp³-hybridized carbons (Fsp3) is 0.600. The van der Waals surface area contributed by atoms with Crippen LogP contribution < -0.4 is 0 Å². The molecule has 0 bridgehead atoms. The fourth-order valence-electron chi connectivity index (χ4n) is 3.51. The second-order valence-corrected chi connectivity index (χ2v) is 7.62. The lowest BCUT2D eigenvalue weighted by Gasteiger charge is -2.33. The van der Waals surface area contributed by atoms with Crippen LogP contribution in [0.2, 0.25) is 0 Å². The molecule has 1 aliphatic heterocycles. The third-order valence-electron chi connectivity index (χ3n) is 5.34. The van der Waals surface area contributed by atoms with Gasteiger partial charge in [-0.25, -0.2) is 0 Å². The lowest BCUT2D eigenvalue weighted by molar-refractivity contribution is -0.140. The summed E-state index contributed by atoms with van der Waals surface area (Å²) in [6, 6.07) is 10.2. The Morgan fingerprint density at radius 1 is 1.08 bits per heavy atom. The molecule has 3 rings (SSSR count). The molecule has 1 heterocycles. The van der Waals surface area contributed by atoms with Crippen molar-refractivity contribution in [2.24, 2.45) is 11.8 Å². The van der Waals surface area contributed by atoms with Gasteiger partial charge in [-0.15, -0.1) is 0 Å². The van der Waals surface area contributed by atoms with E-state index in [2.05, 4.69) is 11.9 Å². The van der Waals surface area contributed by atoms with Gasteiger partial charge in [-0.2, -0.15) is 0 Å². The Bertz CT molecular complexity index is 609. The zero-order valence-corrected chi connectivity index (χ0v) is 15.5. The summed E-state index contributed by atoms with van der Waals surface area (Å²) < 4.78 is 0. The van der Waals surface area contributed by atoms with Crippen LogP contribution in [0.1, 0.15) is 25.8 Å². The summed E-state index contributed by atoms with van der Waals surface area (Å²) in [5, 5.41) is 0. The predicted octanol–water partition coefficient (Wildman–Crippen LogP) is 1.83. The van der Waals surface area contributed by atoms with E-state index in [1.165, 1.54) is 0 Å². The molecule has 1 saturated heterocycles. The molecule has 1 aromatic carbocycles. The van der Waals surface area contributed by atoms with Gasteiger partial charge in [0, 0.05) is 38.8 Å². The van der Waals surface area contributed by atoms with Crippen LogP contribution in [0.15, 0.2) is 30.3 Å². The highest BCUT2D eigenvalue weighted by molar-refractivity contribution is 5.92. The van der Waals surface area contributed by atoms with Gasteiger partial charge in [0.25, 0.3) is 0 Å². The Kier molecular flexibility index (Phi) is 5.42. The molecule has 5 nitrogen and oxygen atoms in total. The van der Waals surface area contributed by atoms with E-state index in [0.717, 1.165) is 31.7 Å². The summed E-state index contributed by atoms with van der Waals surface area (Å²) in [5.41, 5.74) is 1.13. The van der Waals surface area contributed by atoms with Gasteiger partial charge in [-0.3, -0.25) is 9.59 Å². The number of carbonyl (C=O) groups excluding carboxylic acids is 2. The molecular weight excluding hydrogens is 314 g/mol. The summed E-state index contributed by atoms with van der Waals surface area (Å²) in [6.45, 7) is 8.10. The van der Waals surface area contributed by atoms with Crippen LogP contribution >= 0.6 is 0 Å². The highest BCUT2D eigenvalue weighted by Gasteiger charge is 2.51. The van der Waals surface area contributed by atoms with E-state index in [4.69, 9.17) is 0 Å². The number of amides is 2. The minimum absolute atomic E-state index is 0.104. The van der Waals surface area contributed by atoms with Gasteiger partial charge < -0.3 is 14.7 Å². The van der Waals surface area contributed by atoms with Gasteiger partial charge in [0.1, 0.15) is 0 Å². The highest BCUT2D eigenvalue weighted by Crippen LogP contribution is 2.42. The number of benzene rings is 1. The van der Waals surface area contributed by atoms with E-state index in [-0.39, 0.29) is 29.7 Å². The van der Waals surface area contributed by atoms with Crippen LogP contribution in [-0.2, 0) is 16.1 Å². The first kappa shape index (κ1) is 17.9. The lowest BCUT2D eigenvalue weighted by Crippen LogP contribution is -2.48. The van der Waals surface area contributed by atoms with Crippen LogP contribution in [0.25, 0.3) is 0 Å². The number of likely N-dealkylation sites (N-methyl/N-ethyl adjacent to an activating group) is 1. The van der Waals surface area contributed by atoms with Crippen LogP contribution in [0.4, 0.5) is 0 Å². The van der Waals surface area contributed by atoms with E-state index in [0.29, 0.717) is 13.0 Å². The van der Waals surface area contributed by atoms with Crippen molar-refractivity contribution in [1.82, 2.24) is 14.7 Å². The molecule has 0 N–H and O–H groups in total.